The standard InChI is InChI=1S/C27H28N4O6/c1-19(32)25(27(35)30-36)29-26(34)22-10-6-20(7-11-22)4-2-3-5-21-8-12-23(13-9-21)28-24(33)18-31-14-16-37-17-15-31/h6-13,19,25,32,36H,14-18H2,1H3,(H,28,33)(H,29,34)(H,30,35). The summed E-state index contributed by atoms with van der Waals surface area (Å²) in [5.41, 5.74) is 3.73. The van der Waals surface area contributed by atoms with Crippen molar-refractivity contribution in [1.29, 1.82) is 0 Å². The molecule has 1 aliphatic heterocycles. The summed E-state index contributed by atoms with van der Waals surface area (Å²) >= 11 is 0. The minimum atomic E-state index is -1.30. The molecule has 2 aromatic rings. The summed E-state index contributed by atoms with van der Waals surface area (Å²) in [4.78, 5) is 38.1. The molecule has 2 unspecified atom stereocenters. The monoisotopic (exact) mass is 504 g/mol. The van der Waals surface area contributed by atoms with Crippen molar-refractivity contribution in [3.05, 3.63) is 65.2 Å². The summed E-state index contributed by atoms with van der Waals surface area (Å²) < 4.78 is 5.28. The predicted molar refractivity (Wildman–Crippen MR) is 135 cm³/mol. The molecule has 3 amide bonds. The number of hydrogen-bond donors (Lipinski definition) is 5. The zero-order valence-corrected chi connectivity index (χ0v) is 20.3. The number of carbonyl (C=O) groups is 3. The lowest BCUT2D eigenvalue weighted by Crippen LogP contribution is -2.51. The largest absolute Gasteiger partial charge is 0.391 e. The van der Waals surface area contributed by atoms with Gasteiger partial charge in [-0.15, -0.1) is 0 Å². The van der Waals surface area contributed by atoms with Gasteiger partial charge in [-0.25, -0.2) is 5.48 Å². The number of hydrogen-bond acceptors (Lipinski definition) is 7. The van der Waals surface area contributed by atoms with E-state index in [1.807, 2.05) is 4.90 Å². The highest BCUT2D eigenvalue weighted by molar-refractivity contribution is 5.97. The Kier molecular flexibility index (Phi) is 10.2. The Morgan fingerprint density at radius 2 is 1.54 bits per heavy atom. The fraction of sp³-hybridized carbons (Fsp3) is 0.296. The van der Waals surface area contributed by atoms with Crippen LogP contribution in [0.3, 0.4) is 0 Å². The van der Waals surface area contributed by atoms with E-state index in [2.05, 4.69) is 34.3 Å². The van der Waals surface area contributed by atoms with Crippen LogP contribution in [0.25, 0.3) is 0 Å². The van der Waals surface area contributed by atoms with Gasteiger partial charge >= 0.3 is 0 Å². The third-order valence-corrected chi connectivity index (χ3v) is 5.42. The van der Waals surface area contributed by atoms with Gasteiger partial charge in [-0.1, -0.05) is 11.8 Å². The number of hydroxylamine groups is 1. The molecule has 3 rings (SSSR count). The molecule has 10 heteroatoms. The first-order valence-electron chi connectivity index (χ1n) is 11.6. The van der Waals surface area contributed by atoms with Gasteiger partial charge in [0.25, 0.3) is 11.8 Å². The highest BCUT2D eigenvalue weighted by Crippen LogP contribution is 2.09. The molecule has 2 atom stereocenters. The Morgan fingerprint density at radius 1 is 0.973 bits per heavy atom. The van der Waals surface area contributed by atoms with Gasteiger partial charge in [-0.2, -0.15) is 0 Å². The van der Waals surface area contributed by atoms with Crippen LogP contribution in [0.5, 0.6) is 0 Å². The van der Waals surface area contributed by atoms with Gasteiger partial charge in [0.05, 0.1) is 25.9 Å². The molecule has 10 nitrogen and oxygen atoms in total. The highest BCUT2D eigenvalue weighted by atomic mass is 16.5. The third kappa shape index (κ3) is 8.76. The van der Waals surface area contributed by atoms with Crippen molar-refractivity contribution in [2.45, 2.75) is 19.1 Å². The average molecular weight is 505 g/mol. The Hall–Kier alpha value is -4.19. The molecule has 37 heavy (non-hydrogen) atoms. The average Bonchev–Trinajstić information content (AvgIpc) is 2.90. The summed E-state index contributed by atoms with van der Waals surface area (Å²) in [5.74, 6) is 9.74. The number of anilines is 1. The van der Waals surface area contributed by atoms with Crippen molar-refractivity contribution in [1.82, 2.24) is 15.7 Å². The van der Waals surface area contributed by atoms with Gasteiger partial charge in [-0.3, -0.25) is 24.5 Å². The molecule has 1 fully saturated rings. The Labute approximate surface area is 215 Å². The van der Waals surface area contributed by atoms with Crippen LogP contribution in [-0.2, 0) is 14.3 Å². The topological polar surface area (TPSA) is 140 Å². The van der Waals surface area contributed by atoms with Crippen LogP contribution >= 0.6 is 0 Å². The van der Waals surface area contributed by atoms with E-state index >= 15 is 0 Å². The zero-order valence-electron chi connectivity index (χ0n) is 20.3. The second-order valence-corrected chi connectivity index (χ2v) is 8.26. The summed E-state index contributed by atoms with van der Waals surface area (Å²) in [6.45, 7) is 4.43. The zero-order chi connectivity index (χ0) is 26.6. The van der Waals surface area contributed by atoms with E-state index in [4.69, 9.17) is 9.94 Å². The first-order chi connectivity index (χ1) is 17.9. The van der Waals surface area contributed by atoms with E-state index in [1.54, 1.807) is 36.4 Å². The molecule has 0 aliphatic carbocycles. The van der Waals surface area contributed by atoms with Crippen LogP contribution in [0.15, 0.2) is 48.5 Å². The van der Waals surface area contributed by atoms with E-state index in [-0.39, 0.29) is 11.5 Å². The van der Waals surface area contributed by atoms with Gasteiger partial charge in [0, 0.05) is 35.5 Å². The lowest BCUT2D eigenvalue weighted by Gasteiger charge is -2.25. The first kappa shape index (κ1) is 27.4. The predicted octanol–water partition coefficient (Wildman–Crippen LogP) is 0.345. The minimum absolute atomic E-state index is 0.0754. The van der Waals surface area contributed by atoms with E-state index in [9.17, 15) is 19.5 Å². The molecule has 0 bridgehead atoms. The van der Waals surface area contributed by atoms with Crippen LogP contribution in [-0.4, -0.2) is 77.9 Å². The van der Waals surface area contributed by atoms with Gasteiger partial charge in [0.15, 0.2) is 0 Å². The molecule has 2 aromatic carbocycles. The molecule has 0 saturated carbocycles. The van der Waals surface area contributed by atoms with Crippen LogP contribution < -0.4 is 16.1 Å². The highest BCUT2D eigenvalue weighted by Gasteiger charge is 2.25. The van der Waals surface area contributed by atoms with E-state index in [0.29, 0.717) is 31.0 Å². The number of benzene rings is 2. The van der Waals surface area contributed by atoms with E-state index in [0.717, 1.165) is 18.7 Å². The van der Waals surface area contributed by atoms with Crippen molar-refractivity contribution in [3.8, 4) is 23.7 Å². The Balaban J connectivity index is 1.51. The maximum absolute atomic E-state index is 12.3. The van der Waals surface area contributed by atoms with Gasteiger partial charge in [0.2, 0.25) is 5.91 Å². The molecule has 1 heterocycles. The van der Waals surface area contributed by atoms with Crippen molar-refractivity contribution in [2.75, 3.05) is 38.2 Å². The van der Waals surface area contributed by atoms with Crippen LogP contribution in [0, 0.1) is 23.7 Å². The summed E-state index contributed by atoms with van der Waals surface area (Å²) in [7, 11) is 0. The van der Waals surface area contributed by atoms with Gasteiger partial charge in [-0.05, 0) is 67.3 Å². The van der Waals surface area contributed by atoms with Crippen LogP contribution in [0.2, 0.25) is 0 Å². The van der Waals surface area contributed by atoms with Crippen molar-refractivity contribution >= 4 is 23.4 Å². The normalized spacial score (nSPS) is 14.6. The molecule has 1 aliphatic rings. The molecule has 1 saturated heterocycles. The van der Waals surface area contributed by atoms with Crippen molar-refractivity contribution in [3.63, 3.8) is 0 Å². The number of morpholine rings is 1. The molecular formula is C27H28N4O6. The number of amides is 3. The Morgan fingerprint density at radius 3 is 2.08 bits per heavy atom. The van der Waals surface area contributed by atoms with Gasteiger partial charge in [0.1, 0.15) is 6.04 Å². The number of aliphatic hydroxyl groups excluding tert-OH is 1. The number of carbonyl (C=O) groups excluding carboxylic acids is 3. The quantitative estimate of drug-likeness (QED) is 0.208. The van der Waals surface area contributed by atoms with Crippen LogP contribution in [0.1, 0.15) is 28.4 Å². The van der Waals surface area contributed by atoms with Crippen molar-refractivity contribution < 1.29 is 29.4 Å². The molecule has 192 valence electrons. The van der Waals surface area contributed by atoms with E-state index in [1.165, 1.54) is 24.5 Å². The number of rotatable bonds is 7. The number of ether oxygens (including phenoxy) is 1. The summed E-state index contributed by atoms with van der Waals surface area (Å²) in [6, 6.07) is 12.2. The fourth-order valence-corrected chi connectivity index (χ4v) is 3.41. The van der Waals surface area contributed by atoms with Gasteiger partial charge < -0.3 is 20.5 Å². The lowest BCUT2D eigenvalue weighted by molar-refractivity contribution is -0.133. The molecule has 5 N–H and O–H groups in total. The fourth-order valence-electron chi connectivity index (χ4n) is 3.41. The Bertz CT molecular complexity index is 1210. The maximum atomic E-state index is 12.3. The van der Waals surface area contributed by atoms with E-state index < -0.39 is 24.0 Å². The molecule has 0 spiro atoms. The van der Waals surface area contributed by atoms with Crippen LogP contribution in [0.4, 0.5) is 5.69 Å². The second kappa shape index (κ2) is 13.8. The van der Waals surface area contributed by atoms with Crippen molar-refractivity contribution in [2.24, 2.45) is 0 Å². The summed E-state index contributed by atoms with van der Waals surface area (Å²) in [5, 5.41) is 23.6. The maximum Gasteiger partial charge on any atom is 0.268 e. The number of nitrogens with one attached hydrogen (secondary N) is 3. The smallest absolute Gasteiger partial charge is 0.268 e. The molecular weight excluding hydrogens is 476 g/mol. The lowest BCUT2D eigenvalue weighted by atomic mass is 10.1. The summed E-state index contributed by atoms with van der Waals surface area (Å²) in [6.07, 6.45) is -1.20. The SMILES string of the molecule is CC(O)C(NC(=O)c1ccc(C#CC#Cc2ccc(NC(=O)CN3CCOCC3)cc2)cc1)C(=O)NO. The number of nitrogens with zero attached hydrogens (tertiary/aromatic N) is 1. The second-order valence-electron chi connectivity index (χ2n) is 8.26. The minimum Gasteiger partial charge on any atom is -0.391 e. The molecule has 0 radical (unpaired) electrons. The third-order valence-electron chi connectivity index (χ3n) is 5.42. The molecule has 0 aromatic heterocycles. The first-order valence-corrected chi connectivity index (χ1v) is 11.6. The number of aliphatic hydroxyl groups is 1.